The van der Waals surface area contributed by atoms with Crippen LogP contribution in [0, 0.1) is 0 Å². The number of aryl methyl sites for hydroxylation is 1. The van der Waals surface area contributed by atoms with Gasteiger partial charge < -0.3 is 15.2 Å². The number of aromatic nitrogens is 2. The zero-order valence-electron chi connectivity index (χ0n) is 11.7. The molecular formula is C13H19N5OS. The minimum absolute atomic E-state index is 0.591. The topological polar surface area (TPSA) is 75.3 Å². The van der Waals surface area contributed by atoms with Crippen LogP contribution in [0.2, 0.25) is 0 Å². The molecule has 2 rings (SSSR count). The first kappa shape index (κ1) is 14.5. The van der Waals surface area contributed by atoms with Gasteiger partial charge in [0.15, 0.2) is 5.96 Å². The summed E-state index contributed by atoms with van der Waals surface area (Å²) in [6.45, 7) is 3.54. The molecule has 0 unspecified atom stereocenters. The molecule has 0 atom stereocenters. The highest BCUT2D eigenvalue weighted by Crippen LogP contribution is 2.13. The van der Waals surface area contributed by atoms with E-state index in [1.807, 2.05) is 12.3 Å². The van der Waals surface area contributed by atoms with Gasteiger partial charge in [0.2, 0.25) is 0 Å². The number of hydrogen-bond acceptors (Lipinski definition) is 5. The van der Waals surface area contributed by atoms with E-state index in [1.54, 1.807) is 24.6 Å². The monoisotopic (exact) mass is 293 g/mol. The van der Waals surface area contributed by atoms with Crippen LogP contribution in [0.1, 0.15) is 22.5 Å². The molecule has 108 valence electrons. The minimum Gasteiger partial charge on any atom is -0.364 e. The number of guanidine groups is 1. The fraction of sp³-hybridized carbons (Fsp3) is 0.462. The Hall–Kier alpha value is -1.89. The normalized spacial score (nSPS) is 11.6. The summed E-state index contributed by atoms with van der Waals surface area (Å²) in [7, 11) is 1.75. The Balaban J connectivity index is 1.71. The van der Waals surface area contributed by atoms with Crippen LogP contribution >= 0.6 is 11.3 Å². The van der Waals surface area contributed by atoms with Crippen molar-refractivity contribution >= 4 is 17.3 Å². The highest BCUT2D eigenvalue weighted by molar-refractivity contribution is 7.11. The van der Waals surface area contributed by atoms with E-state index >= 15 is 0 Å². The van der Waals surface area contributed by atoms with E-state index in [4.69, 9.17) is 4.52 Å². The molecular weight excluding hydrogens is 274 g/mol. The Bertz CT molecular complexity index is 535. The lowest BCUT2D eigenvalue weighted by Gasteiger charge is -2.09. The summed E-state index contributed by atoms with van der Waals surface area (Å²) in [4.78, 5) is 9.88. The van der Waals surface area contributed by atoms with Crippen molar-refractivity contribution in [1.29, 1.82) is 0 Å². The maximum atomic E-state index is 4.78. The van der Waals surface area contributed by atoms with Crippen LogP contribution < -0.4 is 10.6 Å². The first-order valence-corrected chi connectivity index (χ1v) is 7.40. The smallest absolute Gasteiger partial charge is 0.191 e. The molecule has 20 heavy (non-hydrogen) atoms. The maximum Gasteiger partial charge on any atom is 0.191 e. The van der Waals surface area contributed by atoms with Gasteiger partial charge in [-0.2, -0.15) is 0 Å². The molecule has 0 bridgehead atoms. The molecule has 7 heteroatoms. The van der Waals surface area contributed by atoms with Crippen LogP contribution in [0.4, 0.5) is 0 Å². The average molecular weight is 293 g/mol. The van der Waals surface area contributed by atoms with Gasteiger partial charge in [0.05, 0.1) is 11.6 Å². The van der Waals surface area contributed by atoms with Crippen molar-refractivity contribution in [3.05, 3.63) is 34.1 Å². The van der Waals surface area contributed by atoms with Crippen molar-refractivity contribution in [1.82, 2.24) is 20.8 Å². The Morgan fingerprint density at radius 3 is 3.00 bits per heavy atom. The molecule has 6 nitrogen and oxygen atoms in total. The fourth-order valence-corrected chi connectivity index (χ4v) is 2.50. The number of thiazole rings is 1. The van der Waals surface area contributed by atoms with Crippen molar-refractivity contribution in [2.45, 2.75) is 26.3 Å². The predicted molar refractivity (Wildman–Crippen MR) is 79.9 cm³/mol. The molecule has 2 N–H and O–H groups in total. The van der Waals surface area contributed by atoms with Crippen LogP contribution in [0.25, 0.3) is 0 Å². The van der Waals surface area contributed by atoms with E-state index in [9.17, 15) is 0 Å². The predicted octanol–water partition coefficient (Wildman–Crippen LogP) is 1.60. The van der Waals surface area contributed by atoms with E-state index in [0.29, 0.717) is 6.54 Å². The lowest BCUT2D eigenvalue weighted by Crippen LogP contribution is -2.37. The standard InChI is InChI=1S/C13H19N5OS/c1-3-11-9-16-12(20-11)4-6-15-13(14-2)17-8-10-5-7-19-18-10/h5,7,9H,3-4,6,8H2,1-2H3,(H2,14,15,17). The summed E-state index contributed by atoms with van der Waals surface area (Å²) >= 11 is 1.77. The summed E-state index contributed by atoms with van der Waals surface area (Å²) < 4.78 is 4.78. The molecule has 0 aliphatic heterocycles. The van der Waals surface area contributed by atoms with Crippen molar-refractivity contribution in [3.8, 4) is 0 Å². The van der Waals surface area contributed by atoms with Gasteiger partial charge in [-0.1, -0.05) is 12.1 Å². The van der Waals surface area contributed by atoms with Gasteiger partial charge in [0.25, 0.3) is 0 Å². The van der Waals surface area contributed by atoms with Crippen molar-refractivity contribution in [2.75, 3.05) is 13.6 Å². The van der Waals surface area contributed by atoms with Gasteiger partial charge in [-0.3, -0.25) is 4.99 Å². The Labute approximate surface area is 122 Å². The first-order chi connectivity index (χ1) is 9.81. The summed E-state index contributed by atoms with van der Waals surface area (Å²) in [5, 5.41) is 11.4. The number of hydrogen-bond donors (Lipinski definition) is 2. The minimum atomic E-state index is 0.591. The van der Waals surface area contributed by atoms with E-state index in [0.717, 1.165) is 36.0 Å². The molecule has 0 radical (unpaired) electrons. The van der Waals surface area contributed by atoms with Crippen molar-refractivity contribution < 1.29 is 4.52 Å². The van der Waals surface area contributed by atoms with Gasteiger partial charge >= 0.3 is 0 Å². The molecule has 0 saturated carbocycles. The maximum absolute atomic E-state index is 4.78. The van der Waals surface area contributed by atoms with Gasteiger partial charge in [-0.25, -0.2) is 4.98 Å². The van der Waals surface area contributed by atoms with Crippen LogP contribution in [0.5, 0.6) is 0 Å². The van der Waals surface area contributed by atoms with Crippen LogP contribution in [0.15, 0.2) is 28.0 Å². The van der Waals surface area contributed by atoms with E-state index in [-0.39, 0.29) is 0 Å². The summed E-state index contributed by atoms with van der Waals surface area (Å²) in [6, 6.07) is 1.82. The summed E-state index contributed by atoms with van der Waals surface area (Å²) in [5.74, 6) is 0.750. The quantitative estimate of drug-likeness (QED) is 0.625. The number of nitrogens with one attached hydrogen (secondary N) is 2. The molecule has 0 spiro atoms. The van der Waals surface area contributed by atoms with Crippen molar-refractivity contribution in [2.24, 2.45) is 4.99 Å². The average Bonchev–Trinajstić information content (AvgIpc) is 3.13. The van der Waals surface area contributed by atoms with Crippen molar-refractivity contribution in [3.63, 3.8) is 0 Å². The lowest BCUT2D eigenvalue weighted by atomic mass is 10.4. The van der Waals surface area contributed by atoms with Crippen LogP contribution in [-0.2, 0) is 19.4 Å². The zero-order chi connectivity index (χ0) is 14.2. The second-order valence-electron chi connectivity index (χ2n) is 4.17. The second kappa shape index (κ2) is 7.64. The fourth-order valence-electron chi connectivity index (χ4n) is 1.64. The summed E-state index contributed by atoms with van der Waals surface area (Å²) in [5.41, 5.74) is 0.848. The highest BCUT2D eigenvalue weighted by atomic mass is 32.1. The number of rotatable bonds is 6. The van der Waals surface area contributed by atoms with Gasteiger partial charge in [-0.15, -0.1) is 11.3 Å². The molecule has 0 saturated heterocycles. The Kier molecular flexibility index (Phi) is 5.55. The molecule has 0 aliphatic carbocycles. The largest absolute Gasteiger partial charge is 0.364 e. The lowest BCUT2D eigenvalue weighted by molar-refractivity contribution is 0.410. The third-order valence-corrected chi connectivity index (χ3v) is 3.93. The second-order valence-corrected chi connectivity index (χ2v) is 5.37. The van der Waals surface area contributed by atoms with Gasteiger partial charge in [0, 0.05) is 37.2 Å². The molecule has 0 fully saturated rings. The number of aliphatic imine (C=N–C) groups is 1. The van der Waals surface area contributed by atoms with Gasteiger partial charge in [-0.05, 0) is 6.42 Å². The third kappa shape index (κ3) is 4.34. The first-order valence-electron chi connectivity index (χ1n) is 6.59. The molecule has 0 aromatic carbocycles. The molecule has 0 aliphatic rings. The van der Waals surface area contributed by atoms with E-state index in [1.165, 1.54) is 4.88 Å². The van der Waals surface area contributed by atoms with E-state index < -0.39 is 0 Å². The molecule has 2 heterocycles. The highest BCUT2D eigenvalue weighted by Gasteiger charge is 2.03. The zero-order valence-corrected chi connectivity index (χ0v) is 12.5. The Morgan fingerprint density at radius 1 is 1.45 bits per heavy atom. The third-order valence-electron chi connectivity index (χ3n) is 2.73. The molecule has 0 amide bonds. The SMILES string of the molecule is CCc1cnc(CCNC(=NC)NCc2ccon2)s1. The van der Waals surface area contributed by atoms with Crippen LogP contribution in [0.3, 0.4) is 0 Å². The van der Waals surface area contributed by atoms with E-state index in [2.05, 4.69) is 32.7 Å². The Morgan fingerprint density at radius 2 is 2.35 bits per heavy atom. The number of nitrogens with zero attached hydrogens (tertiary/aromatic N) is 3. The molecule has 2 aromatic rings. The summed E-state index contributed by atoms with van der Waals surface area (Å²) in [6.07, 6.45) is 5.46. The van der Waals surface area contributed by atoms with Gasteiger partial charge in [0.1, 0.15) is 12.0 Å². The van der Waals surface area contributed by atoms with Crippen LogP contribution in [-0.4, -0.2) is 29.7 Å². The molecule has 2 aromatic heterocycles.